The second-order valence-corrected chi connectivity index (χ2v) is 8.29. The van der Waals surface area contributed by atoms with Crippen LogP contribution in [0, 0.1) is 10.1 Å². The smallest absolute Gasteiger partial charge is 0.273 e. The summed E-state index contributed by atoms with van der Waals surface area (Å²) in [7, 11) is 0. The average Bonchev–Trinajstić information content (AvgIpc) is 3.04. The number of hydrogen-bond acceptors (Lipinski definition) is 8. The van der Waals surface area contributed by atoms with E-state index in [1.54, 1.807) is 6.07 Å². The topological polar surface area (TPSA) is 124 Å². The van der Waals surface area contributed by atoms with Crippen LogP contribution < -0.4 is 4.74 Å². The molecular formula is C20H27N5O5S. The largest absolute Gasteiger partial charge is 0.491 e. The summed E-state index contributed by atoms with van der Waals surface area (Å²) in [6.45, 7) is 3.84. The maximum absolute atomic E-state index is 12.3. The highest BCUT2D eigenvalue weighted by Gasteiger charge is 2.21. The second-order valence-electron chi connectivity index (χ2n) is 7.30. The highest BCUT2D eigenvalue weighted by molar-refractivity contribution is 7.99. The number of likely N-dealkylation sites (tertiary alicyclic amines) is 1. The van der Waals surface area contributed by atoms with E-state index in [9.17, 15) is 20.0 Å². The molecule has 0 spiro atoms. The van der Waals surface area contributed by atoms with Crippen LogP contribution in [0.2, 0.25) is 0 Å². The van der Waals surface area contributed by atoms with E-state index >= 15 is 0 Å². The van der Waals surface area contributed by atoms with E-state index in [1.165, 1.54) is 30.0 Å². The van der Waals surface area contributed by atoms with Gasteiger partial charge in [0.2, 0.25) is 5.91 Å². The molecule has 2 heterocycles. The molecule has 1 atom stereocenters. The van der Waals surface area contributed by atoms with E-state index in [0.29, 0.717) is 36.2 Å². The molecule has 0 bridgehead atoms. The highest BCUT2D eigenvalue weighted by Crippen LogP contribution is 2.22. The third-order valence-corrected chi connectivity index (χ3v) is 6.10. The number of aromatic nitrogens is 3. The van der Waals surface area contributed by atoms with Crippen molar-refractivity contribution in [2.45, 2.75) is 57.0 Å². The number of thioether (sulfide) groups is 1. The summed E-state index contributed by atoms with van der Waals surface area (Å²) in [5, 5.41) is 30.3. The normalized spacial score (nSPS) is 15.5. The maximum Gasteiger partial charge on any atom is 0.273 e. The van der Waals surface area contributed by atoms with Crippen molar-refractivity contribution in [2.24, 2.45) is 0 Å². The summed E-state index contributed by atoms with van der Waals surface area (Å²) in [5.74, 6) is 1.56. The number of hydrogen-bond donors (Lipinski definition) is 1. The first kappa shape index (κ1) is 23.0. The lowest BCUT2D eigenvalue weighted by Gasteiger charge is -2.20. The number of nitro benzene ring substituents is 1. The number of non-ortho nitro benzene ring substituents is 1. The fourth-order valence-corrected chi connectivity index (χ4v) is 4.26. The Labute approximate surface area is 184 Å². The Hall–Kier alpha value is -2.66. The van der Waals surface area contributed by atoms with Crippen molar-refractivity contribution in [3.8, 4) is 5.75 Å². The van der Waals surface area contributed by atoms with E-state index in [1.807, 2.05) is 16.4 Å². The maximum atomic E-state index is 12.3. The number of carbonyl (C=O) groups is 1. The van der Waals surface area contributed by atoms with Gasteiger partial charge in [0.15, 0.2) is 11.0 Å². The summed E-state index contributed by atoms with van der Waals surface area (Å²) >= 11 is 1.36. The highest BCUT2D eigenvalue weighted by atomic mass is 32.2. The van der Waals surface area contributed by atoms with Crippen LogP contribution in [-0.4, -0.2) is 60.6 Å². The van der Waals surface area contributed by atoms with Gasteiger partial charge in [0, 0.05) is 31.3 Å². The lowest BCUT2D eigenvalue weighted by Crippen LogP contribution is -2.31. The van der Waals surface area contributed by atoms with Crippen LogP contribution in [0.15, 0.2) is 29.4 Å². The predicted octanol–water partition coefficient (Wildman–Crippen LogP) is 2.64. The zero-order valence-corrected chi connectivity index (χ0v) is 18.3. The van der Waals surface area contributed by atoms with Crippen molar-refractivity contribution in [1.82, 2.24) is 19.7 Å². The molecule has 1 amide bonds. The Morgan fingerprint density at radius 2 is 2.16 bits per heavy atom. The standard InChI is InChI=1S/C20H27N5O5S/c1-2-24-18(12-23-10-5-3-4-9-19(23)27)21-22-20(24)31-14-16(26)13-30-17-8-6-7-15(11-17)25(28)29/h6-8,11,16,26H,2-5,9-10,12-14H2,1H3/t16-/m1/s1. The van der Waals surface area contributed by atoms with Gasteiger partial charge in [-0.15, -0.1) is 10.2 Å². The Balaban J connectivity index is 1.53. The summed E-state index contributed by atoms with van der Waals surface area (Å²) in [6, 6.07) is 5.85. The Morgan fingerprint density at radius 1 is 1.32 bits per heavy atom. The molecule has 1 aliphatic heterocycles. The van der Waals surface area contributed by atoms with Crippen LogP contribution in [0.4, 0.5) is 5.69 Å². The molecule has 1 aliphatic rings. The summed E-state index contributed by atoms with van der Waals surface area (Å²) < 4.78 is 7.43. The number of rotatable bonds is 10. The summed E-state index contributed by atoms with van der Waals surface area (Å²) in [5.41, 5.74) is -0.0622. The van der Waals surface area contributed by atoms with E-state index in [2.05, 4.69) is 10.2 Å². The van der Waals surface area contributed by atoms with Gasteiger partial charge in [-0.25, -0.2) is 0 Å². The molecule has 1 N–H and O–H groups in total. The number of nitro groups is 1. The minimum atomic E-state index is -0.790. The van der Waals surface area contributed by atoms with Gasteiger partial charge in [0.05, 0.1) is 23.6 Å². The van der Waals surface area contributed by atoms with Gasteiger partial charge in [0.1, 0.15) is 12.4 Å². The lowest BCUT2D eigenvalue weighted by atomic mass is 10.2. The molecule has 168 valence electrons. The minimum Gasteiger partial charge on any atom is -0.491 e. The van der Waals surface area contributed by atoms with Crippen LogP contribution in [0.25, 0.3) is 0 Å². The molecule has 1 saturated heterocycles. The van der Waals surface area contributed by atoms with Crippen molar-refractivity contribution in [3.05, 3.63) is 40.2 Å². The first-order valence-electron chi connectivity index (χ1n) is 10.4. The van der Waals surface area contributed by atoms with Gasteiger partial charge in [-0.05, 0) is 25.8 Å². The molecule has 1 fully saturated rings. The van der Waals surface area contributed by atoms with Crippen LogP contribution in [-0.2, 0) is 17.9 Å². The SMILES string of the molecule is CCn1c(CN2CCCCCC2=O)nnc1SC[C@H](O)COc1cccc([N+](=O)[O-])c1. The molecule has 3 rings (SSSR count). The number of ether oxygens (including phenoxy) is 1. The third-order valence-electron chi connectivity index (χ3n) is 4.99. The van der Waals surface area contributed by atoms with Crippen LogP contribution >= 0.6 is 11.8 Å². The fraction of sp³-hybridized carbons (Fsp3) is 0.550. The first-order valence-corrected chi connectivity index (χ1v) is 11.3. The molecule has 0 saturated carbocycles. The second kappa shape index (κ2) is 11.1. The number of carbonyl (C=O) groups excluding carboxylic acids is 1. The van der Waals surface area contributed by atoms with Gasteiger partial charge < -0.3 is 19.3 Å². The van der Waals surface area contributed by atoms with Crippen LogP contribution in [0.5, 0.6) is 5.75 Å². The van der Waals surface area contributed by atoms with Gasteiger partial charge in [-0.2, -0.15) is 0 Å². The van der Waals surface area contributed by atoms with E-state index in [0.717, 1.165) is 31.6 Å². The van der Waals surface area contributed by atoms with Crippen LogP contribution in [0.1, 0.15) is 38.4 Å². The number of amides is 1. The molecule has 0 radical (unpaired) electrons. The zero-order chi connectivity index (χ0) is 22.2. The van der Waals surface area contributed by atoms with Crippen molar-refractivity contribution in [3.63, 3.8) is 0 Å². The lowest BCUT2D eigenvalue weighted by molar-refractivity contribution is -0.384. The quantitative estimate of drug-likeness (QED) is 0.333. The molecule has 0 unspecified atom stereocenters. The third kappa shape index (κ3) is 6.41. The molecule has 2 aromatic rings. The Morgan fingerprint density at radius 3 is 2.94 bits per heavy atom. The molecule has 1 aromatic heterocycles. The fourth-order valence-electron chi connectivity index (χ4n) is 3.33. The summed E-state index contributed by atoms with van der Waals surface area (Å²) in [4.78, 5) is 24.5. The summed E-state index contributed by atoms with van der Waals surface area (Å²) in [6.07, 6.45) is 2.80. The van der Waals surface area contributed by atoms with Gasteiger partial charge >= 0.3 is 0 Å². The molecule has 1 aromatic carbocycles. The van der Waals surface area contributed by atoms with E-state index in [-0.39, 0.29) is 18.2 Å². The Kier molecular flexibility index (Phi) is 8.24. The van der Waals surface area contributed by atoms with Gasteiger partial charge in [-0.1, -0.05) is 24.2 Å². The van der Waals surface area contributed by atoms with Crippen LogP contribution in [0.3, 0.4) is 0 Å². The first-order chi connectivity index (χ1) is 15.0. The van der Waals surface area contributed by atoms with Gasteiger partial charge in [0.25, 0.3) is 5.69 Å². The Bertz CT molecular complexity index is 906. The van der Waals surface area contributed by atoms with Crippen molar-refractivity contribution >= 4 is 23.4 Å². The number of nitrogens with zero attached hydrogens (tertiary/aromatic N) is 5. The number of aliphatic hydroxyl groups is 1. The predicted molar refractivity (Wildman–Crippen MR) is 115 cm³/mol. The molecule has 0 aliphatic carbocycles. The number of benzene rings is 1. The van der Waals surface area contributed by atoms with Crippen molar-refractivity contribution < 1.29 is 19.6 Å². The van der Waals surface area contributed by atoms with Crippen molar-refractivity contribution in [1.29, 1.82) is 0 Å². The van der Waals surface area contributed by atoms with E-state index < -0.39 is 11.0 Å². The number of aliphatic hydroxyl groups excluding tert-OH is 1. The average molecular weight is 450 g/mol. The van der Waals surface area contributed by atoms with E-state index in [4.69, 9.17) is 4.74 Å². The van der Waals surface area contributed by atoms with Crippen molar-refractivity contribution in [2.75, 3.05) is 18.9 Å². The molecular weight excluding hydrogens is 422 g/mol. The zero-order valence-electron chi connectivity index (χ0n) is 17.5. The molecule has 31 heavy (non-hydrogen) atoms. The molecule has 10 nitrogen and oxygen atoms in total. The monoisotopic (exact) mass is 449 g/mol. The van der Waals surface area contributed by atoms with Gasteiger partial charge in [-0.3, -0.25) is 14.9 Å². The minimum absolute atomic E-state index is 0.00354. The molecule has 11 heteroatoms.